The summed E-state index contributed by atoms with van der Waals surface area (Å²) in [5.41, 5.74) is 0.542. The molecule has 0 radical (unpaired) electrons. The van der Waals surface area contributed by atoms with Gasteiger partial charge in [0.1, 0.15) is 0 Å². The molecule has 0 aliphatic carbocycles. The Hall–Kier alpha value is -6.31. The average molecular weight is 899 g/mol. The van der Waals surface area contributed by atoms with Crippen molar-refractivity contribution >= 4 is 103 Å². The molecule has 0 heterocycles. The molecule has 0 atom stereocenters. The first kappa shape index (κ1) is 43.3. The average Bonchev–Trinajstić information content (AvgIpc) is 3.14. The molecule has 0 fully saturated rings. The highest BCUT2D eigenvalue weighted by Crippen LogP contribution is 2.33. The molecule has 312 valence electrons. The third-order valence-electron chi connectivity index (χ3n) is 8.98. The van der Waals surface area contributed by atoms with Crippen molar-refractivity contribution in [1.82, 2.24) is 0 Å². The fourth-order valence-electron chi connectivity index (χ4n) is 5.91. The molecule has 60 heavy (non-hydrogen) atoms. The standard InChI is InChI=1S/C37H30N4O15S4/c1-19-3-5-23(35(42)38-33-17-27(59(51,52)53)11-21-7-9-25(15-29(21)33)57(45,46)47)13-31(19)40-37(44)41-32-14-24(6-4-20(32)2)36(43)39-34-18-28(60(54,55)56)12-22-8-10-26(16-30(22)34)58(48,49)50/h3-18H,1-2H3,(H,38,42)(H,39,43)(H2,40,41,44)(H,45,46,47)(H,48,49,50)(H,51,52,53)(H,54,55,56). The molecule has 0 saturated carbocycles. The third kappa shape index (κ3) is 9.59. The van der Waals surface area contributed by atoms with Gasteiger partial charge >= 0.3 is 6.03 Å². The molecule has 0 spiro atoms. The van der Waals surface area contributed by atoms with Crippen molar-refractivity contribution in [1.29, 1.82) is 0 Å². The number of urea groups is 1. The van der Waals surface area contributed by atoms with E-state index in [2.05, 4.69) is 21.3 Å². The maximum absolute atomic E-state index is 13.5. The first-order valence-corrected chi connectivity index (χ1v) is 22.5. The lowest BCUT2D eigenvalue weighted by Gasteiger charge is -2.15. The van der Waals surface area contributed by atoms with E-state index in [9.17, 15) is 66.3 Å². The van der Waals surface area contributed by atoms with Gasteiger partial charge in [-0.25, -0.2) is 4.79 Å². The Morgan fingerprint density at radius 2 is 0.750 bits per heavy atom. The number of rotatable bonds is 10. The van der Waals surface area contributed by atoms with Gasteiger partial charge in [0.25, 0.3) is 52.3 Å². The molecule has 23 heteroatoms. The summed E-state index contributed by atoms with van der Waals surface area (Å²) in [6.07, 6.45) is 0. The largest absolute Gasteiger partial charge is 0.323 e. The molecule has 0 aliphatic heterocycles. The summed E-state index contributed by atoms with van der Waals surface area (Å²) in [4.78, 5) is 37.9. The molecule has 4 amide bonds. The van der Waals surface area contributed by atoms with Gasteiger partial charge in [-0.3, -0.25) is 27.8 Å². The van der Waals surface area contributed by atoms with Crippen LogP contribution in [0.5, 0.6) is 0 Å². The van der Waals surface area contributed by atoms with Gasteiger partial charge in [-0.05, 0) is 109 Å². The van der Waals surface area contributed by atoms with Gasteiger partial charge in [0.2, 0.25) is 0 Å². The van der Waals surface area contributed by atoms with Gasteiger partial charge in [0.05, 0.1) is 31.0 Å². The SMILES string of the molecule is Cc1ccc(C(=O)Nc2cc(S(=O)(=O)O)cc3ccc(S(=O)(=O)O)cc23)cc1NC(=O)Nc1cc(C(=O)Nc2cc(S(=O)(=O)O)cc3ccc(S(=O)(=O)O)cc23)ccc1C. The summed E-state index contributed by atoms with van der Waals surface area (Å²) in [6.45, 7) is 3.21. The normalized spacial score (nSPS) is 12.2. The molecule has 0 unspecified atom stereocenters. The van der Waals surface area contributed by atoms with Crippen LogP contribution in [0.25, 0.3) is 21.5 Å². The number of carbonyl (C=O) groups is 3. The molecule has 0 bridgehead atoms. The zero-order chi connectivity index (χ0) is 44.1. The van der Waals surface area contributed by atoms with E-state index in [0.717, 1.165) is 60.7 Å². The van der Waals surface area contributed by atoms with Crippen LogP contribution in [0, 0.1) is 13.8 Å². The second-order valence-corrected chi connectivity index (χ2v) is 18.8. The minimum atomic E-state index is -4.80. The number of fused-ring (bicyclic) bond motifs is 2. The van der Waals surface area contributed by atoms with Crippen molar-refractivity contribution in [2.75, 3.05) is 21.3 Å². The van der Waals surface area contributed by atoms with E-state index in [1.807, 2.05) is 0 Å². The summed E-state index contributed by atoms with van der Waals surface area (Å²) in [5, 5.41) is 10.3. The summed E-state index contributed by atoms with van der Waals surface area (Å²) in [7, 11) is -19.0. The summed E-state index contributed by atoms with van der Waals surface area (Å²) < 4.78 is 134. The molecule has 0 saturated heterocycles. The number of anilines is 4. The maximum Gasteiger partial charge on any atom is 0.323 e. The van der Waals surface area contributed by atoms with E-state index in [0.29, 0.717) is 11.1 Å². The lowest BCUT2D eigenvalue weighted by atomic mass is 10.1. The fraction of sp³-hybridized carbons (Fsp3) is 0.0541. The van der Waals surface area contributed by atoms with Gasteiger partial charge in [-0.1, -0.05) is 24.3 Å². The number of aryl methyl sites for hydroxylation is 2. The summed E-state index contributed by atoms with van der Waals surface area (Å²) >= 11 is 0. The van der Waals surface area contributed by atoms with E-state index in [1.165, 1.54) is 36.4 Å². The quantitative estimate of drug-likeness (QED) is 0.0760. The van der Waals surface area contributed by atoms with Gasteiger partial charge in [0.15, 0.2) is 0 Å². The van der Waals surface area contributed by atoms with Crippen molar-refractivity contribution in [2.24, 2.45) is 0 Å². The monoisotopic (exact) mass is 898 g/mol. The predicted molar refractivity (Wildman–Crippen MR) is 218 cm³/mol. The third-order valence-corrected chi connectivity index (χ3v) is 12.3. The van der Waals surface area contributed by atoms with E-state index in [-0.39, 0.29) is 55.4 Å². The Bertz CT molecular complexity index is 3080. The van der Waals surface area contributed by atoms with Crippen LogP contribution in [0.4, 0.5) is 27.5 Å². The topological polar surface area (TPSA) is 317 Å². The lowest BCUT2D eigenvalue weighted by molar-refractivity contribution is 0.101. The number of benzene rings is 6. The number of hydrogen-bond donors (Lipinski definition) is 8. The first-order chi connectivity index (χ1) is 27.8. The van der Waals surface area contributed by atoms with Crippen molar-refractivity contribution in [3.63, 3.8) is 0 Å². The number of hydrogen-bond acceptors (Lipinski definition) is 11. The van der Waals surface area contributed by atoms with Crippen molar-refractivity contribution in [2.45, 2.75) is 33.4 Å². The Morgan fingerprint density at radius 1 is 0.400 bits per heavy atom. The molecule has 6 rings (SSSR count). The van der Waals surface area contributed by atoms with Crippen LogP contribution in [0.3, 0.4) is 0 Å². The molecule has 0 aromatic heterocycles. The summed E-state index contributed by atoms with van der Waals surface area (Å²) in [5.74, 6) is -1.72. The van der Waals surface area contributed by atoms with E-state index < -0.39 is 77.9 Å². The maximum atomic E-state index is 13.5. The van der Waals surface area contributed by atoms with E-state index >= 15 is 0 Å². The Balaban J connectivity index is 1.24. The molecule has 6 aromatic rings. The minimum absolute atomic E-state index is 0.00624. The van der Waals surface area contributed by atoms with E-state index in [4.69, 9.17) is 0 Å². The summed E-state index contributed by atoms with van der Waals surface area (Å²) in [6, 6.07) is 17.5. The van der Waals surface area contributed by atoms with Crippen LogP contribution >= 0.6 is 0 Å². The fourth-order valence-corrected chi connectivity index (χ4v) is 8.00. The van der Waals surface area contributed by atoms with Crippen LogP contribution < -0.4 is 21.3 Å². The number of carbonyl (C=O) groups excluding carboxylic acids is 3. The molecule has 19 nitrogen and oxygen atoms in total. The van der Waals surface area contributed by atoms with Gasteiger partial charge in [-0.15, -0.1) is 0 Å². The zero-order valence-electron chi connectivity index (χ0n) is 30.7. The van der Waals surface area contributed by atoms with Crippen molar-refractivity contribution < 1.29 is 66.3 Å². The Kier molecular flexibility index (Phi) is 11.3. The number of amides is 4. The molecule has 8 N–H and O–H groups in total. The Morgan fingerprint density at radius 3 is 1.08 bits per heavy atom. The highest BCUT2D eigenvalue weighted by atomic mass is 32.2. The van der Waals surface area contributed by atoms with Crippen molar-refractivity contribution in [3.05, 3.63) is 119 Å². The van der Waals surface area contributed by atoms with Gasteiger partial charge in [0, 0.05) is 33.3 Å². The molecular formula is C37H30N4O15S4. The lowest BCUT2D eigenvalue weighted by Crippen LogP contribution is -2.22. The highest BCUT2D eigenvalue weighted by Gasteiger charge is 2.21. The number of nitrogens with one attached hydrogen (secondary N) is 4. The highest BCUT2D eigenvalue weighted by molar-refractivity contribution is 7.86. The smallest absolute Gasteiger partial charge is 0.321 e. The second-order valence-electron chi connectivity index (χ2n) is 13.2. The predicted octanol–water partition coefficient (Wildman–Crippen LogP) is 5.75. The van der Waals surface area contributed by atoms with E-state index in [1.54, 1.807) is 13.8 Å². The molecule has 6 aromatic carbocycles. The van der Waals surface area contributed by atoms with Crippen molar-refractivity contribution in [3.8, 4) is 0 Å². The second kappa shape index (κ2) is 15.7. The van der Waals surface area contributed by atoms with Gasteiger partial charge < -0.3 is 21.3 Å². The minimum Gasteiger partial charge on any atom is -0.321 e. The Labute approximate surface area is 341 Å². The molecule has 0 aliphatic rings. The van der Waals surface area contributed by atoms with Crippen LogP contribution in [-0.4, -0.2) is 69.7 Å². The first-order valence-electron chi connectivity index (χ1n) is 16.8. The van der Waals surface area contributed by atoms with Crippen LogP contribution in [0.2, 0.25) is 0 Å². The van der Waals surface area contributed by atoms with Crippen LogP contribution in [0.1, 0.15) is 31.8 Å². The van der Waals surface area contributed by atoms with Crippen LogP contribution in [-0.2, 0) is 40.5 Å². The van der Waals surface area contributed by atoms with Gasteiger partial charge in [-0.2, -0.15) is 33.7 Å². The van der Waals surface area contributed by atoms with Crippen LogP contribution in [0.15, 0.2) is 117 Å². The zero-order valence-corrected chi connectivity index (χ0v) is 33.9. The molecular weight excluding hydrogens is 869 g/mol.